The molecule has 7 nitrogen and oxygen atoms in total. The van der Waals surface area contributed by atoms with E-state index in [1.807, 2.05) is 0 Å². The first-order valence-corrected chi connectivity index (χ1v) is 6.12. The lowest BCUT2D eigenvalue weighted by Crippen LogP contribution is -2.30. The third-order valence-electron chi connectivity index (χ3n) is 2.40. The van der Waals surface area contributed by atoms with Crippen molar-refractivity contribution in [3.8, 4) is 0 Å². The van der Waals surface area contributed by atoms with Crippen molar-refractivity contribution < 1.29 is 17.1 Å². The van der Waals surface area contributed by atoms with Crippen LogP contribution in [0.4, 0.5) is 9.83 Å². The standard InChI is InChI=1S/C8H8FN3O4S/c9-17(15,16)5-3-7(14)12(4-5)8-10-2-1-6(13)11-8/h1-2,5H,3-4H2,(H,10,11,13). The summed E-state index contributed by atoms with van der Waals surface area (Å²) < 4.78 is 34.1. The second kappa shape index (κ2) is 3.91. The fourth-order valence-corrected chi connectivity index (χ4v) is 2.23. The molecule has 17 heavy (non-hydrogen) atoms. The summed E-state index contributed by atoms with van der Waals surface area (Å²) in [5.74, 6) is -0.667. The van der Waals surface area contributed by atoms with Crippen LogP contribution in [0.15, 0.2) is 17.1 Å². The third kappa shape index (κ3) is 2.33. The Morgan fingerprint density at radius 3 is 2.71 bits per heavy atom. The van der Waals surface area contributed by atoms with Crippen molar-refractivity contribution in [3.63, 3.8) is 0 Å². The maximum absolute atomic E-state index is 12.7. The molecule has 1 amide bonds. The van der Waals surface area contributed by atoms with E-state index in [2.05, 4.69) is 9.97 Å². The number of nitrogens with zero attached hydrogens (tertiary/aromatic N) is 2. The van der Waals surface area contributed by atoms with Gasteiger partial charge in [0.05, 0.1) is 0 Å². The van der Waals surface area contributed by atoms with Crippen LogP contribution in [-0.2, 0) is 15.0 Å². The highest BCUT2D eigenvalue weighted by Crippen LogP contribution is 2.22. The van der Waals surface area contributed by atoms with Crippen LogP contribution in [0, 0.1) is 0 Å². The van der Waals surface area contributed by atoms with E-state index in [-0.39, 0.29) is 12.5 Å². The molecule has 0 spiro atoms. The summed E-state index contributed by atoms with van der Waals surface area (Å²) in [6, 6.07) is 1.15. The molecule has 1 fully saturated rings. The van der Waals surface area contributed by atoms with E-state index in [4.69, 9.17) is 0 Å². The molecule has 0 bridgehead atoms. The minimum Gasteiger partial charge on any atom is -0.292 e. The zero-order valence-electron chi connectivity index (χ0n) is 8.46. The molecule has 1 aromatic heterocycles. The van der Waals surface area contributed by atoms with Crippen LogP contribution in [0.3, 0.4) is 0 Å². The van der Waals surface area contributed by atoms with Gasteiger partial charge in [-0.2, -0.15) is 8.42 Å². The molecule has 1 aliphatic heterocycles. The number of amides is 1. The fraction of sp³-hybridized carbons (Fsp3) is 0.375. The molecule has 1 unspecified atom stereocenters. The van der Waals surface area contributed by atoms with E-state index in [1.165, 1.54) is 6.20 Å². The molecule has 1 saturated heterocycles. The van der Waals surface area contributed by atoms with Crippen molar-refractivity contribution in [1.82, 2.24) is 9.97 Å². The number of H-pyrrole nitrogens is 1. The van der Waals surface area contributed by atoms with Crippen LogP contribution in [0.5, 0.6) is 0 Å². The van der Waals surface area contributed by atoms with Crippen molar-refractivity contribution in [2.45, 2.75) is 11.7 Å². The van der Waals surface area contributed by atoms with E-state index in [9.17, 15) is 21.9 Å². The number of carbonyl (C=O) groups is 1. The first kappa shape index (κ1) is 11.7. The lowest BCUT2D eigenvalue weighted by atomic mass is 10.4. The summed E-state index contributed by atoms with van der Waals surface area (Å²) in [6.45, 7) is -0.343. The lowest BCUT2D eigenvalue weighted by molar-refractivity contribution is -0.117. The van der Waals surface area contributed by atoms with Gasteiger partial charge >= 0.3 is 10.2 Å². The maximum Gasteiger partial charge on any atom is 0.307 e. The minimum atomic E-state index is -4.77. The molecule has 92 valence electrons. The summed E-state index contributed by atoms with van der Waals surface area (Å²) in [7, 11) is -4.77. The van der Waals surface area contributed by atoms with E-state index in [1.54, 1.807) is 0 Å². The molecule has 2 heterocycles. The monoisotopic (exact) mass is 261 g/mol. The van der Waals surface area contributed by atoms with Gasteiger partial charge in [-0.1, -0.05) is 0 Å². The second-order valence-corrected chi connectivity index (χ2v) is 5.18. The van der Waals surface area contributed by atoms with Gasteiger partial charge in [-0.3, -0.25) is 19.5 Å². The van der Waals surface area contributed by atoms with Gasteiger partial charge in [-0.25, -0.2) is 4.98 Å². The predicted molar refractivity (Wildman–Crippen MR) is 55.6 cm³/mol. The van der Waals surface area contributed by atoms with Gasteiger partial charge < -0.3 is 0 Å². The summed E-state index contributed by atoms with van der Waals surface area (Å²) in [5, 5.41) is -1.40. The van der Waals surface area contributed by atoms with Crippen molar-refractivity contribution >= 4 is 22.1 Å². The zero-order chi connectivity index (χ0) is 12.6. The van der Waals surface area contributed by atoms with E-state index < -0.39 is 33.4 Å². The largest absolute Gasteiger partial charge is 0.307 e. The molecule has 2 rings (SSSR count). The molecule has 0 saturated carbocycles. The highest BCUT2D eigenvalue weighted by atomic mass is 32.3. The normalized spacial score (nSPS) is 20.9. The number of hydrogen-bond acceptors (Lipinski definition) is 5. The van der Waals surface area contributed by atoms with Crippen LogP contribution in [0.1, 0.15) is 6.42 Å². The number of hydrogen-bond donors (Lipinski definition) is 1. The Labute approximate surface area is 95.5 Å². The Hall–Kier alpha value is -1.77. The number of carbonyl (C=O) groups excluding carboxylic acids is 1. The number of aromatic nitrogens is 2. The smallest absolute Gasteiger partial charge is 0.292 e. The first-order valence-electron chi connectivity index (χ1n) is 4.67. The Bertz CT molecular complexity index is 611. The van der Waals surface area contributed by atoms with Crippen molar-refractivity contribution in [2.24, 2.45) is 0 Å². The zero-order valence-corrected chi connectivity index (χ0v) is 9.28. The van der Waals surface area contributed by atoms with Crippen molar-refractivity contribution in [2.75, 3.05) is 11.4 Å². The van der Waals surface area contributed by atoms with Crippen LogP contribution in [-0.4, -0.2) is 36.1 Å². The molecule has 1 aromatic rings. The minimum absolute atomic E-state index is 0.0753. The molecule has 0 aliphatic carbocycles. The quantitative estimate of drug-likeness (QED) is 0.701. The topological polar surface area (TPSA) is 100 Å². The van der Waals surface area contributed by atoms with Crippen LogP contribution < -0.4 is 10.5 Å². The van der Waals surface area contributed by atoms with E-state index in [0.717, 1.165) is 11.0 Å². The highest BCUT2D eigenvalue weighted by molar-refractivity contribution is 7.87. The third-order valence-corrected chi connectivity index (χ3v) is 3.51. The Balaban J connectivity index is 2.31. The average molecular weight is 261 g/mol. The molecular weight excluding hydrogens is 253 g/mol. The highest BCUT2D eigenvalue weighted by Gasteiger charge is 2.39. The molecular formula is C8H8FN3O4S. The van der Waals surface area contributed by atoms with Gasteiger partial charge in [0.2, 0.25) is 11.9 Å². The van der Waals surface area contributed by atoms with Gasteiger partial charge in [0.25, 0.3) is 5.56 Å². The van der Waals surface area contributed by atoms with Gasteiger partial charge in [-0.15, -0.1) is 3.89 Å². The van der Waals surface area contributed by atoms with Gasteiger partial charge in [-0.05, 0) is 0 Å². The number of nitrogens with one attached hydrogen (secondary N) is 1. The number of anilines is 1. The maximum atomic E-state index is 12.7. The van der Waals surface area contributed by atoms with Gasteiger partial charge in [0.15, 0.2) is 0 Å². The fourth-order valence-electron chi connectivity index (χ4n) is 1.56. The summed E-state index contributed by atoms with van der Waals surface area (Å²) in [4.78, 5) is 29.4. The Kier molecular flexibility index (Phi) is 2.69. The van der Waals surface area contributed by atoms with Crippen molar-refractivity contribution in [3.05, 3.63) is 22.6 Å². The Morgan fingerprint density at radius 2 is 2.18 bits per heavy atom. The Morgan fingerprint density at radius 1 is 1.47 bits per heavy atom. The predicted octanol–water partition coefficient (Wildman–Crippen LogP) is -0.826. The van der Waals surface area contributed by atoms with Crippen LogP contribution in [0.25, 0.3) is 0 Å². The SMILES string of the molecule is O=C1CC(S(=O)(=O)F)CN1c1nccc(=O)[nH]1. The summed E-state index contributed by atoms with van der Waals surface area (Å²) in [6.07, 6.45) is 0.732. The first-order chi connectivity index (χ1) is 7.88. The number of rotatable bonds is 2. The summed E-state index contributed by atoms with van der Waals surface area (Å²) in [5.41, 5.74) is -0.477. The average Bonchev–Trinajstić information content (AvgIpc) is 2.60. The number of aromatic amines is 1. The van der Waals surface area contributed by atoms with Crippen molar-refractivity contribution in [1.29, 1.82) is 0 Å². The lowest BCUT2D eigenvalue weighted by Gasteiger charge is -2.13. The van der Waals surface area contributed by atoms with Crippen LogP contribution in [0.2, 0.25) is 0 Å². The summed E-state index contributed by atoms with van der Waals surface area (Å²) >= 11 is 0. The van der Waals surface area contributed by atoms with E-state index in [0.29, 0.717) is 0 Å². The van der Waals surface area contributed by atoms with E-state index >= 15 is 0 Å². The van der Waals surface area contributed by atoms with Gasteiger partial charge in [0.1, 0.15) is 5.25 Å². The molecule has 1 aliphatic rings. The second-order valence-electron chi connectivity index (χ2n) is 3.56. The van der Waals surface area contributed by atoms with Gasteiger partial charge in [0, 0.05) is 25.2 Å². The molecule has 1 N–H and O–H groups in total. The number of halogens is 1. The molecule has 0 radical (unpaired) electrons. The molecule has 0 aromatic carbocycles. The van der Waals surface area contributed by atoms with Crippen LogP contribution >= 0.6 is 0 Å². The molecule has 9 heteroatoms. The molecule has 1 atom stereocenters.